The van der Waals surface area contributed by atoms with E-state index in [2.05, 4.69) is 28.9 Å². The maximum absolute atomic E-state index is 11.9. The number of sulfonamides is 1. The van der Waals surface area contributed by atoms with Gasteiger partial charge in [-0.15, -0.1) is 0 Å². The summed E-state index contributed by atoms with van der Waals surface area (Å²) in [6.07, 6.45) is 8.00. The minimum absolute atomic E-state index is 0.207. The quantitative estimate of drug-likeness (QED) is 0.854. The first-order valence-electron chi connectivity index (χ1n) is 7.70. The Balaban J connectivity index is 1.89. The van der Waals surface area contributed by atoms with Crippen molar-refractivity contribution >= 4 is 10.0 Å². The molecule has 3 heterocycles. The largest absolute Gasteiger partial charge is 0.261 e. The summed E-state index contributed by atoms with van der Waals surface area (Å²) < 4.78 is 27.1. The van der Waals surface area contributed by atoms with Crippen molar-refractivity contribution in [3.05, 3.63) is 30.4 Å². The van der Waals surface area contributed by atoms with E-state index in [1.807, 2.05) is 10.7 Å². The predicted molar refractivity (Wildman–Crippen MR) is 87.2 cm³/mol. The number of rotatable bonds is 4. The Morgan fingerprint density at radius 3 is 2.65 bits per heavy atom. The van der Waals surface area contributed by atoms with Crippen LogP contribution in [0.4, 0.5) is 0 Å². The second-order valence-electron chi connectivity index (χ2n) is 6.11. The molecule has 2 aromatic heterocycles. The molecule has 0 aliphatic carbocycles. The maximum atomic E-state index is 11.9. The lowest BCUT2D eigenvalue weighted by Gasteiger charge is -2.21. The molecule has 8 heteroatoms. The van der Waals surface area contributed by atoms with Crippen LogP contribution in [0.3, 0.4) is 0 Å². The standard InChI is InChI=1S/C15H21N5O2S/c1-11(2)20-15(6-7-18-20)13-10-16-12(9-17-13)14-5-4-8-19(14)23(3,21)22/h6-7,9-11,14H,4-5,8H2,1-3H3. The Hall–Kier alpha value is -1.80. The summed E-state index contributed by atoms with van der Waals surface area (Å²) in [5.41, 5.74) is 2.35. The smallest absolute Gasteiger partial charge is 0.211 e. The van der Waals surface area contributed by atoms with Crippen molar-refractivity contribution in [2.24, 2.45) is 0 Å². The minimum Gasteiger partial charge on any atom is -0.261 e. The fourth-order valence-corrected chi connectivity index (χ4v) is 4.14. The van der Waals surface area contributed by atoms with Crippen LogP contribution in [0.2, 0.25) is 0 Å². The Morgan fingerprint density at radius 2 is 2.04 bits per heavy atom. The van der Waals surface area contributed by atoms with Crippen LogP contribution in [0.25, 0.3) is 11.4 Å². The van der Waals surface area contributed by atoms with Gasteiger partial charge in [0.25, 0.3) is 0 Å². The lowest BCUT2D eigenvalue weighted by Crippen LogP contribution is -2.30. The Bertz CT molecular complexity index is 782. The molecule has 0 aromatic carbocycles. The first kappa shape index (κ1) is 16.1. The highest BCUT2D eigenvalue weighted by atomic mass is 32.2. The van der Waals surface area contributed by atoms with Gasteiger partial charge in [0.05, 0.1) is 36.1 Å². The molecule has 1 fully saturated rings. The Labute approximate surface area is 136 Å². The van der Waals surface area contributed by atoms with Gasteiger partial charge in [-0.25, -0.2) is 8.42 Å². The Morgan fingerprint density at radius 1 is 1.26 bits per heavy atom. The third kappa shape index (κ3) is 3.13. The highest BCUT2D eigenvalue weighted by Gasteiger charge is 2.33. The van der Waals surface area contributed by atoms with E-state index >= 15 is 0 Å². The van der Waals surface area contributed by atoms with Gasteiger partial charge in [0, 0.05) is 18.8 Å². The highest BCUT2D eigenvalue weighted by Crippen LogP contribution is 2.32. The molecular weight excluding hydrogens is 314 g/mol. The molecule has 7 nitrogen and oxygen atoms in total. The number of nitrogens with zero attached hydrogens (tertiary/aromatic N) is 5. The van der Waals surface area contributed by atoms with Crippen LogP contribution in [0, 0.1) is 0 Å². The molecule has 0 amide bonds. The molecule has 1 atom stereocenters. The first-order chi connectivity index (χ1) is 10.9. The molecule has 0 radical (unpaired) electrons. The molecule has 1 unspecified atom stereocenters. The molecule has 2 aromatic rings. The summed E-state index contributed by atoms with van der Waals surface area (Å²) in [6.45, 7) is 4.66. The van der Waals surface area contributed by atoms with Gasteiger partial charge in [0.1, 0.15) is 5.69 Å². The third-order valence-electron chi connectivity index (χ3n) is 4.06. The van der Waals surface area contributed by atoms with E-state index < -0.39 is 10.0 Å². The molecule has 1 aliphatic rings. The van der Waals surface area contributed by atoms with Gasteiger partial charge in [0.15, 0.2) is 0 Å². The van der Waals surface area contributed by atoms with Crippen molar-refractivity contribution in [3.63, 3.8) is 0 Å². The lowest BCUT2D eigenvalue weighted by molar-refractivity contribution is 0.393. The second kappa shape index (κ2) is 6.01. The normalized spacial score (nSPS) is 19.6. The molecule has 0 bridgehead atoms. The summed E-state index contributed by atoms with van der Waals surface area (Å²) in [6, 6.07) is 1.93. The van der Waals surface area contributed by atoms with Crippen molar-refractivity contribution < 1.29 is 8.42 Å². The zero-order chi connectivity index (χ0) is 16.6. The van der Waals surface area contributed by atoms with Gasteiger partial charge >= 0.3 is 0 Å². The van der Waals surface area contributed by atoms with E-state index in [1.165, 1.54) is 10.6 Å². The van der Waals surface area contributed by atoms with Crippen LogP contribution in [-0.4, -0.2) is 45.3 Å². The van der Waals surface area contributed by atoms with E-state index in [-0.39, 0.29) is 12.1 Å². The third-order valence-corrected chi connectivity index (χ3v) is 5.35. The van der Waals surface area contributed by atoms with E-state index in [0.717, 1.165) is 24.2 Å². The summed E-state index contributed by atoms with van der Waals surface area (Å²) in [5, 5.41) is 4.30. The summed E-state index contributed by atoms with van der Waals surface area (Å²) >= 11 is 0. The molecule has 3 rings (SSSR count). The monoisotopic (exact) mass is 335 g/mol. The number of hydrogen-bond acceptors (Lipinski definition) is 5. The maximum Gasteiger partial charge on any atom is 0.211 e. The molecule has 0 saturated carbocycles. The fourth-order valence-electron chi connectivity index (χ4n) is 3.00. The van der Waals surface area contributed by atoms with Gasteiger partial charge in [-0.3, -0.25) is 14.6 Å². The van der Waals surface area contributed by atoms with Crippen molar-refractivity contribution in [1.82, 2.24) is 24.1 Å². The predicted octanol–water partition coefficient (Wildman–Crippen LogP) is 2.02. The number of aromatic nitrogens is 4. The van der Waals surface area contributed by atoms with Crippen LogP contribution < -0.4 is 0 Å². The average Bonchev–Trinajstić information content (AvgIpc) is 3.16. The second-order valence-corrected chi connectivity index (χ2v) is 8.05. The minimum atomic E-state index is -3.22. The van der Waals surface area contributed by atoms with Crippen LogP contribution >= 0.6 is 0 Å². The molecule has 0 spiro atoms. The molecule has 124 valence electrons. The van der Waals surface area contributed by atoms with E-state index in [1.54, 1.807) is 18.6 Å². The van der Waals surface area contributed by atoms with Crippen molar-refractivity contribution in [2.45, 2.75) is 38.8 Å². The summed E-state index contributed by atoms with van der Waals surface area (Å²) in [4.78, 5) is 8.95. The van der Waals surface area contributed by atoms with Crippen LogP contribution in [0.5, 0.6) is 0 Å². The Kier molecular flexibility index (Phi) is 4.20. The topological polar surface area (TPSA) is 81.0 Å². The molecule has 0 N–H and O–H groups in total. The fraction of sp³-hybridized carbons (Fsp3) is 0.533. The summed E-state index contributed by atoms with van der Waals surface area (Å²) in [5.74, 6) is 0. The van der Waals surface area contributed by atoms with Crippen molar-refractivity contribution in [1.29, 1.82) is 0 Å². The number of hydrogen-bond donors (Lipinski definition) is 0. The SMILES string of the molecule is CC(C)n1nccc1-c1cnc(C2CCCN2S(C)(=O)=O)cn1. The van der Waals surface area contributed by atoms with E-state index in [9.17, 15) is 8.42 Å². The summed E-state index contributed by atoms with van der Waals surface area (Å²) in [7, 11) is -3.22. The average molecular weight is 335 g/mol. The van der Waals surface area contributed by atoms with Crippen molar-refractivity contribution in [3.8, 4) is 11.4 Å². The van der Waals surface area contributed by atoms with E-state index in [0.29, 0.717) is 12.2 Å². The molecule has 1 saturated heterocycles. The molecular formula is C15H21N5O2S. The van der Waals surface area contributed by atoms with E-state index in [4.69, 9.17) is 0 Å². The van der Waals surface area contributed by atoms with Crippen molar-refractivity contribution in [2.75, 3.05) is 12.8 Å². The van der Waals surface area contributed by atoms with Crippen LogP contribution in [0.15, 0.2) is 24.7 Å². The zero-order valence-electron chi connectivity index (χ0n) is 13.5. The van der Waals surface area contributed by atoms with Gasteiger partial charge in [0.2, 0.25) is 10.0 Å². The van der Waals surface area contributed by atoms with Crippen LogP contribution in [-0.2, 0) is 10.0 Å². The van der Waals surface area contributed by atoms with Crippen LogP contribution in [0.1, 0.15) is 44.5 Å². The molecule has 1 aliphatic heterocycles. The lowest BCUT2D eigenvalue weighted by atomic mass is 10.1. The first-order valence-corrected chi connectivity index (χ1v) is 9.55. The highest BCUT2D eigenvalue weighted by molar-refractivity contribution is 7.88. The van der Waals surface area contributed by atoms with Gasteiger partial charge < -0.3 is 0 Å². The van der Waals surface area contributed by atoms with Gasteiger partial charge in [-0.1, -0.05) is 0 Å². The van der Waals surface area contributed by atoms with Gasteiger partial charge in [-0.05, 0) is 32.8 Å². The zero-order valence-corrected chi connectivity index (χ0v) is 14.4. The van der Waals surface area contributed by atoms with Gasteiger partial charge in [-0.2, -0.15) is 9.40 Å². The molecule has 23 heavy (non-hydrogen) atoms.